The average Bonchev–Trinajstić information content (AvgIpc) is 3.98. The van der Waals surface area contributed by atoms with Gasteiger partial charge in [0.05, 0.1) is 27.8 Å². The first-order valence-electron chi connectivity index (χ1n) is 23.4. The van der Waals surface area contributed by atoms with E-state index >= 15 is 0 Å². The molecule has 0 saturated carbocycles. The highest BCUT2D eigenvalue weighted by atomic mass is 16.3. The van der Waals surface area contributed by atoms with Crippen molar-refractivity contribution >= 4 is 65.6 Å². The maximum Gasteiger partial charge on any atom is 0.229 e. The largest absolute Gasteiger partial charge is 0.434 e. The van der Waals surface area contributed by atoms with Gasteiger partial charge in [-0.05, 0) is 81.7 Å². The summed E-state index contributed by atoms with van der Waals surface area (Å²) in [5.74, 6) is 1.25. The van der Waals surface area contributed by atoms with Crippen LogP contribution in [0.25, 0.3) is 139 Å². The molecular weight excluding hydrogens is 857 g/mol. The number of furan rings is 1. The lowest BCUT2D eigenvalue weighted by atomic mass is 9.99. The smallest absolute Gasteiger partial charge is 0.229 e. The fourth-order valence-electron chi connectivity index (χ4n) is 9.98. The predicted octanol–water partition coefficient (Wildman–Crippen LogP) is 16.0. The summed E-state index contributed by atoms with van der Waals surface area (Å²) in [7, 11) is 0. The number of hydrogen-bond donors (Lipinski definition) is 0. The fourth-order valence-corrected chi connectivity index (χ4v) is 9.98. The number of hydrogen-bond acceptors (Lipinski definition) is 6. The summed E-state index contributed by atoms with van der Waals surface area (Å²) in [5, 5.41) is 8.07. The summed E-state index contributed by atoms with van der Waals surface area (Å²) < 4.78 is 8.94. The first-order valence-corrected chi connectivity index (χ1v) is 23.4. The summed E-state index contributed by atoms with van der Waals surface area (Å²) in [6.45, 7) is 0. The summed E-state index contributed by atoms with van der Waals surface area (Å²) >= 11 is 0. The Morgan fingerprint density at radius 1 is 0.343 bits per heavy atom. The van der Waals surface area contributed by atoms with Crippen molar-refractivity contribution in [1.29, 1.82) is 0 Å². The molecule has 0 atom stereocenters. The van der Waals surface area contributed by atoms with E-state index in [-0.39, 0.29) is 0 Å². The van der Waals surface area contributed by atoms with E-state index in [4.69, 9.17) is 29.3 Å². The van der Waals surface area contributed by atoms with Gasteiger partial charge >= 0.3 is 0 Å². The Hall–Kier alpha value is -9.59. The number of para-hydroxylation sites is 2. The van der Waals surface area contributed by atoms with Gasteiger partial charge in [-0.1, -0.05) is 170 Å². The van der Waals surface area contributed by atoms with E-state index in [1.807, 2.05) is 54.7 Å². The topological polar surface area (TPSA) is 82.5 Å². The van der Waals surface area contributed by atoms with Crippen LogP contribution in [-0.2, 0) is 0 Å². The van der Waals surface area contributed by atoms with Gasteiger partial charge in [-0.2, -0.15) is 0 Å². The number of pyridine rings is 1. The van der Waals surface area contributed by atoms with Gasteiger partial charge in [-0.25, -0.2) is 24.9 Å². The fraction of sp³-hybridized carbons (Fsp3) is 0. The van der Waals surface area contributed by atoms with E-state index in [0.29, 0.717) is 34.2 Å². The van der Waals surface area contributed by atoms with Gasteiger partial charge in [-0.15, -0.1) is 0 Å². The van der Waals surface area contributed by atoms with Crippen LogP contribution in [0.5, 0.6) is 0 Å². The molecule has 14 aromatic rings. The quantitative estimate of drug-likeness (QED) is 0.148. The first kappa shape index (κ1) is 39.6. The van der Waals surface area contributed by atoms with Crippen molar-refractivity contribution < 1.29 is 4.42 Å². The second-order valence-corrected chi connectivity index (χ2v) is 17.7. The minimum atomic E-state index is 0.507. The molecule has 0 saturated heterocycles. The number of nitrogens with zero attached hydrogens (tertiary/aromatic N) is 6. The van der Waals surface area contributed by atoms with Gasteiger partial charge < -0.3 is 8.98 Å². The Kier molecular flexibility index (Phi) is 9.07. The van der Waals surface area contributed by atoms with Gasteiger partial charge in [0.15, 0.2) is 17.2 Å². The standard InChI is InChI=1S/C63H38N6O/c1-3-14-41(15-4-1)61-65-54(37-55(66-61)47-20-13-21-50(35-47)69-56-24-11-9-22-51(56)52-23-10-12-25-57(52)69)39-26-28-40(29-27-39)58-60-59(68-62(67-58)42-16-5-2-6-17-42)53-36-49(38-64-63(53)70-60)46-31-30-45-32-43-18-7-8-19-44(43)33-48(45)34-46/h1-38H. The monoisotopic (exact) mass is 894 g/mol. The van der Waals surface area contributed by atoms with E-state index in [9.17, 15) is 0 Å². The molecule has 0 radical (unpaired) electrons. The molecule has 0 bridgehead atoms. The number of aromatic nitrogens is 6. The summed E-state index contributed by atoms with van der Waals surface area (Å²) in [4.78, 5) is 25.6. The zero-order valence-electron chi connectivity index (χ0n) is 37.5. The van der Waals surface area contributed by atoms with Crippen LogP contribution in [0.4, 0.5) is 0 Å². The summed E-state index contributed by atoms with van der Waals surface area (Å²) in [6.07, 6.45) is 1.88. The van der Waals surface area contributed by atoms with Gasteiger partial charge in [0, 0.05) is 56.0 Å². The lowest BCUT2D eigenvalue weighted by Gasteiger charge is -2.12. The van der Waals surface area contributed by atoms with Crippen LogP contribution in [0.1, 0.15) is 0 Å². The Morgan fingerprint density at radius 3 is 1.63 bits per heavy atom. The van der Waals surface area contributed by atoms with Gasteiger partial charge in [0.1, 0.15) is 11.2 Å². The van der Waals surface area contributed by atoms with Crippen LogP contribution >= 0.6 is 0 Å². The number of rotatable bonds is 7. The molecule has 0 fully saturated rings. The van der Waals surface area contributed by atoms with Gasteiger partial charge in [0.2, 0.25) is 5.71 Å². The van der Waals surface area contributed by atoms with Gasteiger partial charge in [0.25, 0.3) is 0 Å². The molecule has 0 aliphatic carbocycles. The number of fused-ring (bicyclic) bond motifs is 8. The third-order valence-corrected chi connectivity index (χ3v) is 13.4. The van der Waals surface area contributed by atoms with E-state index in [2.05, 4.69) is 180 Å². The highest BCUT2D eigenvalue weighted by molar-refractivity contribution is 6.10. The second kappa shape index (κ2) is 16.0. The average molecular weight is 895 g/mol. The molecule has 9 aromatic carbocycles. The third-order valence-electron chi connectivity index (χ3n) is 13.4. The summed E-state index contributed by atoms with van der Waals surface area (Å²) in [5.41, 5.74) is 14.2. The lowest BCUT2D eigenvalue weighted by Crippen LogP contribution is -1.98. The Bertz CT molecular complexity index is 4300. The van der Waals surface area contributed by atoms with E-state index in [0.717, 1.165) is 72.4 Å². The van der Waals surface area contributed by atoms with Crippen molar-refractivity contribution in [2.75, 3.05) is 0 Å². The van der Waals surface area contributed by atoms with Crippen molar-refractivity contribution in [2.45, 2.75) is 0 Å². The lowest BCUT2D eigenvalue weighted by molar-refractivity contribution is 0.653. The maximum absolute atomic E-state index is 6.61. The van der Waals surface area contributed by atoms with Crippen molar-refractivity contribution in [2.24, 2.45) is 0 Å². The highest BCUT2D eigenvalue weighted by Crippen LogP contribution is 2.39. The first-order chi connectivity index (χ1) is 34.6. The van der Waals surface area contributed by atoms with Crippen molar-refractivity contribution in [3.05, 3.63) is 231 Å². The molecule has 5 aromatic heterocycles. The third kappa shape index (κ3) is 6.71. The molecule has 0 N–H and O–H groups in total. The van der Waals surface area contributed by atoms with Gasteiger partial charge in [-0.3, -0.25) is 0 Å². The molecule has 5 heterocycles. The van der Waals surface area contributed by atoms with Crippen LogP contribution in [0.3, 0.4) is 0 Å². The van der Waals surface area contributed by atoms with Crippen LogP contribution in [0, 0.1) is 0 Å². The van der Waals surface area contributed by atoms with Crippen molar-refractivity contribution in [3.8, 4) is 73.4 Å². The van der Waals surface area contributed by atoms with Crippen LogP contribution < -0.4 is 0 Å². The minimum Gasteiger partial charge on any atom is -0.434 e. The van der Waals surface area contributed by atoms with Crippen LogP contribution in [0.15, 0.2) is 235 Å². The molecule has 326 valence electrons. The molecule has 14 rings (SSSR count). The Morgan fingerprint density at radius 2 is 0.914 bits per heavy atom. The molecular formula is C63H38N6O. The second-order valence-electron chi connectivity index (χ2n) is 17.7. The minimum absolute atomic E-state index is 0.507. The Labute approximate surface area is 401 Å². The molecule has 70 heavy (non-hydrogen) atoms. The molecule has 0 spiro atoms. The normalized spacial score (nSPS) is 11.7. The summed E-state index contributed by atoms with van der Waals surface area (Å²) in [6, 6.07) is 78.2. The number of benzene rings is 9. The zero-order chi connectivity index (χ0) is 46.1. The van der Waals surface area contributed by atoms with E-state index < -0.39 is 0 Å². The molecule has 0 aliphatic rings. The molecule has 0 amide bonds. The van der Waals surface area contributed by atoms with Crippen LogP contribution in [0.2, 0.25) is 0 Å². The van der Waals surface area contributed by atoms with E-state index in [1.54, 1.807) is 0 Å². The molecule has 7 nitrogen and oxygen atoms in total. The zero-order valence-corrected chi connectivity index (χ0v) is 37.5. The van der Waals surface area contributed by atoms with Crippen molar-refractivity contribution in [1.82, 2.24) is 29.5 Å². The highest BCUT2D eigenvalue weighted by Gasteiger charge is 2.21. The molecule has 0 unspecified atom stereocenters. The predicted molar refractivity (Wildman–Crippen MR) is 285 cm³/mol. The molecule has 7 heteroatoms. The Balaban J connectivity index is 0.877. The maximum atomic E-state index is 6.61. The van der Waals surface area contributed by atoms with E-state index in [1.165, 1.54) is 32.3 Å². The molecule has 0 aliphatic heterocycles. The van der Waals surface area contributed by atoms with Crippen LogP contribution in [-0.4, -0.2) is 29.5 Å². The SMILES string of the molecule is c1ccc(-c2nc(-c3ccc(-c4nc(-c5ccccc5)nc5c4oc4ncc(-c6ccc7cc8ccccc8cc7c6)cc45)cc3)cc(-c3cccc(-n4c5ccccc5c5ccccc54)c3)n2)cc1. The van der Waals surface area contributed by atoms with Crippen molar-refractivity contribution in [3.63, 3.8) is 0 Å².